The fraction of sp³-hybridized carbons (Fsp3) is 0.615. The van der Waals surface area contributed by atoms with Crippen molar-refractivity contribution in [2.24, 2.45) is 5.92 Å². The van der Waals surface area contributed by atoms with Gasteiger partial charge in [-0.2, -0.15) is 0 Å². The topological polar surface area (TPSA) is 59.3 Å². The second-order valence-electron chi connectivity index (χ2n) is 4.95. The van der Waals surface area contributed by atoms with E-state index in [1.807, 2.05) is 0 Å². The number of rotatable bonds is 3. The zero-order valence-electron chi connectivity index (χ0n) is 11.0. The van der Waals surface area contributed by atoms with E-state index in [1.54, 1.807) is 6.20 Å². The van der Waals surface area contributed by atoms with Gasteiger partial charge in [-0.05, 0) is 41.1 Å². The summed E-state index contributed by atoms with van der Waals surface area (Å²) < 4.78 is 0.643. The summed E-state index contributed by atoms with van der Waals surface area (Å²) in [6, 6.07) is 1.53. The van der Waals surface area contributed by atoms with Crippen molar-refractivity contribution in [3.8, 4) is 0 Å². The van der Waals surface area contributed by atoms with Crippen molar-refractivity contribution < 1.29 is 4.92 Å². The highest BCUT2D eigenvalue weighted by atomic mass is 79.9. The number of aromatic nitrogens is 1. The molecule has 0 spiro atoms. The summed E-state index contributed by atoms with van der Waals surface area (Å²) in [6.07, 6.45) is 6.18. The van der Waals surface area contributed by atoms with Gasteiger partial charge in [0.15, 0.2) is 0 Å². The molecule has 1 unspecified atom stereocenters. The quantitative estimate of drug-likeness (QED) is 0.626. The second-order valence-corrected chi connectivity index (χ2v) is 5.86. The summed E-state index contributed by atoms with van der Waals surface area (Å²) >= 11 is 3.24. The zero-order chi connectivity index (χ0) is 13.8. The van der Waals surface area contributed by atoms with Gasteiger partial charge in [-0.3, -0.25) is 10.1 Å². The Hall–Kier alpha value is -1.17. The van der Waals surface area contributed by atoms with Gasteiger partial charge in [0.1, 0.15) is 0 Å². The summed E-state index contributed by atoms with van der Waals surface area (Å²) in [4.78, 5) is 17.1. The predicted molar refractivity (Wildman–Crippen MR) is 78.4 cm³/mol. The van der Waals surface area contributed by atoms with Crippen molar-refractivity contribution in [1.29, 1.82) is 0 Å². The van der Waals surface area contributed by atoms with Crippen LogP contribution in [-0.4, -0.2) is 23.0 Å². The molecule has 1 aliphatic heterocycles. The highest BCUT2D eigenvalue weighted by Crippen LogP contribution is 2.31. The number of halogens is 1. The molecule has 0 aliphatic carbocycles. The van der Waals surface area contributed by atoms with Crippen LogP contribution in [-0.2, 0) is 0 Å². The maximum absolute atomic E-state index is 11.1. The van der Waals surface area contributed by atoms with Crippen LogP contribution in [0.15, 0.2) is 16.7 Å². The molecule has 0 bridgehead atoms. The molecule has 1 saturated heterocycles. The molecule has 1 aliphatic rings. The Morgan fingerprint density at radius 2 is 2.32 bits per heavy atom. The van der Waals surface area contributed by atoms with E-state index in [4.69, 9.17) is 0 Å². The lowest BCUT2D eigenvalue weighted by Crippen LogP contribution is -2.26. The normalized spacial score (nSPS) is 20.1. The molecule has 0 saturated carbocycles. The van der Waals surface area contributed by atoms with Gasteiger partial charge in [-0.15, -0.1) is 0 Å². The van der Waals surface area contributed by atoms with E-state index < -0.39 is 0 Å². The number of hydrogen-bond acceptors (Lipinski definition) is 4. The third-order valence-corrected chi connectivity index (χ3v) is 4.17. The van der Waals surface area contributed by atoms with Crippen molar-refractivity contribution in [2.75, 3.05) is 18.0 Å². The van der Waals surface area contributed by atoms with Crippen molar-refractivity contribution in [1.82, 2.24) is 4.98 Å². The van der Waals surface area contributed by atoms with Gasteiger partial charge in [0.2, 0.25) is 5.82 Å². The second kappa shape index (κ2) is 6.32. The summed E-state index contributed by atoms with van der Waals surface area (Å²) in [5.41, 5.74) is 0.0873. The monoisotopic (exact) mass is 327 g/mol. The maximum atomic E-state index is 11.1. The van der Waals surface area contributed by atoms with Gasteiger partial charge < -0.3 is 4.90 Å². The predicted octanol–water partition coefficient (Wildman–Crippen LogP) is 3.77. The van der Waals surface area contributed by atoms with Gasteiger partial charge in [0, 0.05) is 29.8 Å². The van der Waals surface area contributed by atoms with E-state index in [1.165, 1.54) is 18.9 Å². The Labute approximate surface area is 121 Å². The Bertz CT molecular complexity index is 467. The van der Waals surface area contributed by atoms with Crippen LogP contribution in [0.4, 0.5) is 11.5 Å². The first-order chi connectivity index (χ1) is 9.11. The molecule has 0 N–H and O–H groups in total. The minimum Gasteiger partial charge on any atom is -0.351 e. The highest BCUT2D eigenvalue weighted by Gasteiger charge is 2.24. The van der Waals surface area contributed by atoms with Crippen molar-refractivity contribution >= 4 is 27.4 Å². The molecule has 1 fully saturated rings. The van der Waals surface area contributed by atoms with E-state index in [2.05, 4.69) is 32.7 Å². The molecule has 0 radical (unpaired) electrons. The SMILES string of the molecule is CCC1CCCN(c2ncc(Br)cc2[N+](=O)[O-])CC1. The lowest BCUT2D eigenvalue weighted by Gasteiger charge is -2.21. The molecule has 104 valence electrons. The van der Waals surface area contributed by atoms with Crippen LogP contribution in [0.1, 0.15) is 32.6 Å². The first-order valence-corrected chi connectivity index (χ1v) is 7.46. The van der Waals surface area contributed by atoms with E-state index in [9.17, 15) is 10.1 Å². The van der Waals surface area contributed by atoms with Gasteiger partial charge in [0.05, 0.1) is 4.92 Å². The molecule has 6 heteroatoms. The summed E-state index contributed by atoms with van der Waals surface area (Å²) in [5, 5.41) is 11.1. The number of hydrogen-bond donors (Lipinski definition) is 0. The zero-order valence-corrected chi connectivity index (χ0v) is 12.6. The van der Waals surface area contributed by atoms with Crippen molar-refractivity contribution in [2.45, 2.75) is 32.6 Å². The summed E-state index contributed by atoms with van der Waals surface area (Å²) in [5.74, 6) is 1.24. The van der Waals surface area contributed by atoms with Crippen LogP contribution < -0.4 is 4.90 Å². The summed E-state index contributed by atoms with van der Waals surface area (Å²) in [6.45, 7) is 3.92. The molecule has 1 aromatic rings. The minimum absolute atomic E-state index is 0.0873. The van der Waals surface area contributed by atoms with E-state index in [0.29, 0.717) is 10.3 Å². The van der Waals surface area contributed by atoms with E-state index in [-0.39, 0.29) is 10.6 Å². The first-order valence-electron chi connectivity index (χ1n) is 6.66. The lowest BCUT2D eigenvalue weighted by molar-refractivity contribution is -0.384. The number of nitrogens with zero attached hydrogens (tertiary/aromatic N) is 3. The standard InChI is InChI=1S/C13H18BrN3O2/c1-2-10-4-3-6-16(7-5-10)13-12(17(18)19)8-11(14)9-15-13/h8-10H,2-7H2,1H3. The minimum atomic E-state index is -0.352. The average molecular weight is 328 g/mol. The largest absolute Gasteiger partial charge is 0.351 e. The molecule has 1 aromatic heterocycles. The molecule has 0 amide bonds. The molecule has 19 heavy (non-hydrogen) atoms. The molecular weight excluding hydrogens is 310 g/mol. The first kappa shape index (κ1) is 14.2. The maximum Gasteiger partial charge on any atom is 0.312 e. The van der Waals surface area contributed by atoms with Gasteiger partial charge >= 0.3 is 5.69 Å². The fourth-order valence-electron chi connectivity index (χ4n) is 2.58. The molecule has 5 nitrogen and oxygen atoms in total. The highest BCUT2D eigenvalue weighted by molar-refractivity contribution is 9.10. The van der Waals surface area contributed by atoms with Gasteiger partial charge in [-0.1, -0.05) is 13.3 Å². The van der Waals surface area contributed by atoms with E-state index in [0.717, 1.165) is 31.8 Å². The molecular formula is C13H18BrN3O2. The van der Waals surface area contributed by atoms with Gasteiger partial charge in [-0.25, -0.2) is 4.98 Å². The fourth-order valence-corrected chi connectivity index (χ4v) is 2.90. The van der Waals surface area contributed by atoms with Crippen molar-refractivity contribution in [3.05, 3.63) is 26.9 Å². The molecule has 1 atom stereocenters. The smallest absolute Gasteiger partial charge is 0.312 e. The van der Waals surface area contributed by atoms with Crippen LogP contribution in [0.25, 0.3) is 0 Å². The number of nitro groups is 1. The number of pyridine rings is 1. The molecule has 0 aromatic carbocycles. The van der Waals surface area contributed by atoms with Crippen LogP contribution >= 0.6 is 15.9 Å². The van der Waals surface area contributed by atoms with Crippen LogP contribution in [0.5, 0.6) is 0 Å². The third kappa shape index (κ3) is 3.43. The van der Waals surface area contributed by atoms with Crippen molar-refractivity contribution in [3.63, 3.8) is 0 Å². The van der Waals surface area contributed by atoms with Crippen LogP contribution in [0.3, 0.4) is 0 Å². The Morgan fingerprint density at radius 3 is 3.00 bits per heavy atom. The lowest BCUT2D eigenvalue weighted by atomic mass is 9.98. The Morgan fingerprint density at radius 1 is 1.53 bits per heavy atom. The van der Waals surface area contributed by atoms with Crippen LogP contribution in [0, 0.1) is 16.0 Å². The Balaban J connectivity index is 2.23. The van der Waals surface area contributed by atoms with Crippen LogP contribution in [0.2, 0.25) is 0 Å². The van der Waals surface area contributed by atoms with E-state index >= 15 is 0 Å². The number of anilines is 1. The molecule has 2 heterocycles. The molecule has 2 rings (SSSR count). The van der Waals surface area contributed by atoms with Gasteiger partial charge in [0.25, 0.3) is 0 Å². The third-order valence-electron chi connectivity index (χ3n) is 3.74. The average Bonchev–Trinajstić information content (AvgIpc) is 2.63. The summed E-state index contributed by atoms with van der Waals surface area (Å²) in [7, 11) is 0. The Kier molecular flexibility index (Phi) is 4.74.